The van der Waals surface area contributed by atoms with Crippen molar-refractivity contribution in [3.05, 3.63) is 24.0 Å². The standard InChI is InChI=1S/C17H20FN5O2/c1-21-9-11(7-16(21)24)17(25)22-6-2-3-13(10-22)23-15-5-4-12(18)8-14(15)19-20-23/h4-5,8,11,13H,2-3,6-7,9-10H2,1H3/t11-,13+/m1/s1. The molecule has 1 aromatic carbocycles. The Hall–Kier alpha value is -2.51. The molecule has 2 saturated heterocycles. The number of aromatic nitrogens is 3. The van der Waals surface area contributed by atoms with Crippen molar-refractivity contribution in [2.45, 2.75) is 25.3 Å². The van der Waals surface area contributed by atoms with Gasteiger partial charge in [-0.1, -0.05) is 5.21 Å². The number of fused-ring (bicyclic) bond motifs is 1. The first kappa shape index (κ1) is 16.0. The van der Waals surface area contributed by atoms with E-state index in [0.717, 1.165) is 18.4 Å². The van der Waals surface area contributed by atoms with Crippen molar-refractivity contribution in [1.82, 2.24) is 24.8 Å². The second kappa shape index (κ2) is 6.09. The Kier molecular flexibility index (Phi) is 3.89. The van der Waals surface area contributed by atoms with Crippen molar-refractivity contribution in [2.24, 2.45) is 5.92 Å². The topological polar surface area (TPSA) is 71.3 Å². The normalized spacial score (nSPS) is 24.3. The van der Waals surface area contributed by atoms with Gasteiger partial charge in [0.1, 0.15) is 11.3 Å². The Morgan fingerprint density at radius 1 is 1.32 bits per heavy atom. The molecule has 4 rings (SSSR count). The first-order valence-corrected chi connectivity index (χ1v) is 8.56. The summed E-state index contributed by atoms with van der Waals surface area (Å²) in [7, 11) is 1.73. The average molecular weight is 345 g/mol. The molecule has 0 aliphatic carbocycles. The van der Waals surface area contributed by atoms with Gasteiger partial charge in [0, 0.05) is 39.2 Å². The van der Waals surface area contributed by atoms with E-state index in [2.05, 4.69) is 10.3 Å². The molecule has 0 N–H and O–H groups in total. The molecule has 132 valence electrons. The molecule has 2 fully saturated rings. The van der Waals surface area contributed by atoms with Crippen LogP contribution < -0.4 is 0 Å². The Bertz CT molecular complexity index is 836. The van der Waals surface area contributed by atoms with E-state index in [1.54, 1.807) is 22.7 Å². The second-order valence-electron chi connectivity index (χ2n) is 6.92. The van der Waals surface area contributed by atoms with Crippen LogP contribution >= 0.6 is 0 Å². The molecule has 7 nitrogen and oxygen atoms in total. The van der Waals surface area contributed by atoms with Gasteiger partial charge in [-0.2, -0.15) is 0 Å². The molecule has 0 unspecified atom stereocenters. The van der Waals surface area contributed by atoms with E-state index in [1.807, 2.05) is 4.90 Å². The van der Waals surface area contributed by atoms with Gasteiger partial charge in [0.15, 0.2) is 0 Å². The van der Waals surface area contributed by atoms with E-state index in [4.69, 9.17) is 0 Å². The van der Waals surface area contributed by atoms with E-state index in [1.165, 1.54) is 12.1 Å². The van der Waals surface area contributed by atoms with Gasteiger partial charge in [0.2, 0.25) is 11.8 Å². The van der Waals surface area contributed by atoms with Crippen LogP contribution in [-0.4, -0.2) is 63.3 Å². The predicted octanol–water partition coefficient (Wildman–Crippen LogP) is 1.21. The molecule has 0 radical (unpaired) electrons. The van der Waals surface area contributed by atoms with Crippen LogP contribution in [-0.2, 0) is 9.59 Å². The average Bonchev–Trinajstić information content (AvgIpc) is 3.17. The van der Waals surface area contributed by atoms with E-state index < -0.39 is 0 Å². The fourth-order valence-electron chi connectivity index (χ4n) is 3.83. The van der Waals surface area contributed by atoms with Gasteiger partial charge in [-0.3, -0.25) is 9.59 Å². The number of carbonyl (C=O) groups excluding carboxylic acids is 2. The zero-order valence-corrected chi connectivity index (χ0v) is 14.1. The van der Waals surface area contributed by atoms with E-state index >= 15 is 0 Å². The third kappa shape index (κ3) is 2.85. The zero-order valence-electron chi connectivity index (χ0n) is 14.1. The summed E-state index contributed by atoms with van der Waals surface area (Å²) in [5.74, 6) is -0.526. The summed E-state index contributed by atoms with van der Waals surface area (Å²) in [6.45, 7) is 1.73. The van der Waals surface area contributed by atoms with Gasteiger partial charge in [-0.15, -0.1) is 5.10 Å². The molecule has 3 heterocycles. The number of carbonyl (C=O) groups is 2. The third-order valence-corrected chi connectivity index (χ3v) is 5.18. The number of likely N-dealkylation sites (tertiary alicyclic amines) is 2. The van der Waals surface area contributed by atoms with Gasteiger partial charge in [-0.25, -0.2) is 9.07 Å². The number of rotatable bonds is 2. The fraction of sp³-hybridized carbons (Fsp3) is 0.529. The number of nitrogens with zero attached hydrogens (tertiary/aromatic N) is 5. The molecule has 8 heteroatoms. The zero-order chi connectivity index (χ0) is 17.6. The van der Waals surface area contributed by atoms with Gasteiger partial charge in [-0.05, 0) is 25.0 Å². The van der Waals surface area contributed by atoms with Crippen molar-refractivity contribution in [2.75, 3.05) is 26.7 Å². The van der Waals surface area contributed by atoms with E-state index in [-0.39, 0.29) is 29.6 Å². The monoisotopic (exact) mass is 345 g/mol. The minimum Gasteiger partial charge on any atom is -0.345 e. The van der Waals surface area contributed by atoms with Gasteiger partial charge < -0.3 is 9.80 Å². The molecule has 2 atom stereocenters. The highest BCUT2D eigenvalue weighted by Gasteiger charge is 2.36. The summed E-state index contributed by atoms with van der Waals surface area (Å²) in [4.78, 5) is 27.9. The molecule has 0 spiro atoms. The first-order valence-electron chi connectivity index (χ1n) is 8.56. The molecule has 2 aliphatic rings. The lowest BCUT2D eigenvalue weighted by Gasteiger charge is -2.34. The number of halogens is 1. The Morgan fingerprint density at radius 2 is 2.16 bits per heavy atom. The van der Waals surface area contributed by atoms with Crippen molar-refractivity contribution >= 4 is 22.8 Å². The maximum atomic E-state index is 13.3. The van der Waals surface area contributed by atoms with Gasteiger partial charge in [0.25, 0.3) is 0 Å². The van der Waals surface area contributed by atoms with Crippen LogP contribution in [0.4, 0.5) is 4.39 Å². The Balaban J connectivity index is 1.52. The van der Waals surface area contributed by atoms with E-state index in [0.29, 0.717) is 31.6 Å². The van der Waals surface area contributed by atoms with Crippen LogP contribution in [0.25, 0.3) is 11.0 Å². The van der Waals surface area contributed by atoms with Gasteiger partial charge in [0.05, 0.1) is 17.5 Å². The molecule has 2 aliphatic heterocycles. The van der Waals surface area contributed by atoms with Crippen molar-refractivity contribution in [3.8, 4) is 0 Å². The Labute approximate surface area is 144 Å². The van der Waals surface area contributed by atoms with E-state index in [9.17, 15) is 14.0 Å². The lowest BCUT2D eigenvalue weighted by atomic mass is 10.0. The highest BCUT2D eigenvalue weighted by molar-refractivity contribution is 5.89. The summed E-state index contributed by atoms with van der Waals surface area (Å²) < 4.78 is 15.1. The number of hydrogen-bond donors (Lipinski definition) is 0. The fourth-order valence-corrected chi connectivity index (χ4v) is 3.83. The molecule has 2 amide bonds. The Morgan fingerprint density at radius 3 is 2.92 bits per heavy atom. The van der Waals surface area contributed by atoms with Crippen molar-refractivity contribution < 1.29 is 14.0 Å². The summed E-state index contributed by atoms with van der Waals surface area (Å²) in [6, 6.07) is 4.46. The number of benzene rings is 1. The number of piperidine rings is 1. The van der Waals surface area contributed by atoms with Crippen LogP contribution in [0.5, 0.6) is 0 Å². The summed E-state index contributed by atoms with van der Waals surface area (Å²) in [6.07, 6.45) is 2.06. The molecule has 1 aromatic heterocycles. The van der Waals surface area contributed by atoms with Crippen LogP contribution in [0, 0.1) is 11.7 Å². The highest BCUT2D eigenvalue weighted by atomic mass is 19.1. The molecule has 2 aromatic rings. The predicted molar refractivity (Wildman–Crippen MR) is 88.1 cm³/mol. The largest absolute Gasteiger partial charge is 0.345 e. The van der Waals surface area contributed by atoms with Crippen LogP contribution in [0.2, 0.25) is 0 Å². The van der Waals surface area contributed by atoms with Crippen LogP contribution in [0.3, 0.4) is 0 Å². The number of hydrogen-bond acceptors (Lipinski definition) is 4. The molecule has 25 heavy (non-hydrogen) atoms. The minimum atomic E-state index is -0.338. The summed E-state index contributed by atoms with van der Waals surface area (Å²) in [5.41, 5.74) is 1.29. The van der Waals surface area contributed by atoms with Crippen molar-refractivity contribution in [1.29, 1.82) is 0 Å². The molecular weight excluding hydrogens is 325 g/mol. The lowest BCUT2D eigenvalue weighted by Crippen LogP contribution is -2.44. The molecule has 0 saturated carbocycles. The van der Waals surface area contributed by atoms with Crippen molar-refractivity contribution in [3.63, 3.8) is 0 Å². The summed E-state index contributed by atoms with van der Waals surface area (Å²) >= 11 is 0. The molecular formula is C17H20FN5O2. The smallest absolute Gasteiger partial charge is 0.228 e. The third-order valence-electron chi connectivity index (χ3n) is 5.18. The van der Waals surface area contributed by atoms with Crippen LogP contribution in [0.1, 0.15) is 25.3 Å². The minimum absolute atomic E-state index is 0.0167. The maximum Gasteiger partial charge on any atom is 0.228 e. The SMILES string of the molecule is CN1C[C@H](C(=O)N2CCC[C@H](n3nnc4cc(F)ccc43)C2)CC1=O. The van der Waals surface area contributed by atoms with Gasteiger partial charge >= 0.3 is 0 Å². The number of amides is 2. The molecule has 0 bridgehead atoms. The summed E-state index contributed by atoms with van der Waals surface area (Å²) in [5, 5.41) is 8.22. The second-order valence-corrected chi connectivity index (χ2v) is 6.92. The van der Waals surface area contributed by atoms with Crippen LogP contribution in [0.15, 0.2) is 18.2 Å². The quantitative estimate of drug-likeness (QED) is 0.820. The first-order chi connectivity index (χ1) is 12.0. The maximum absolute atomic E-state index is 13.3. The lowest BCUT2D eigenvalue weighted by molar-refractivity contribution is -0.137. The highest BCUT2D eigenvalue weighted by Crippen LogP contribution is 2.27.